The molecule has 0 aromatic carbocycles. The molecule has 0 bridgehead atoms. The van der Waals surface area contributed by atoms with Gasteiger partial charge in [0.05, 0.1) is 12.5 Å². The number of nitrogens with two attached hydrogens (primary N) is 1. The van der Waals surface area contributed by atoms with Gasteiger partial charge >= 0.3 is 17.9 Å². The zero-order valence-electron chi connectivity index (χ0n) is 17.0. The molecular weight excluding hydrogens is 436 g/mol. The Morgan fingerprint density at radius 2 is 1.35 bits per heavy atom. The van der Waals surface area contributed by atoms with Crippen LogP contribution in [0.1, 0.15) is 33.1 Å². The summed E-state index contributed by atoms with van der Waals surface area (Å²) >= 11 is 3.96. The summed E-state index contributed by atoms with van der Waals surface area (Å²) in [6, 6.07) is -5.42. The Kier molecular flexibility index (Phi) is 12.2. The van der Waals surface area contributed by atoms with E-state index in [1.165, 1.54) is 0 Å². The van der Waals surface area contributed by atoms with E-state index in [1.807, 2.05) is 0 Å². The topological polar surface area (TPSA) is 225 Å². The van der Waals surface area contributed by atoms with Crippen LogP contribution in [0.25, 0.3) is 0 Å². The molecule has 4 unspecified atom stereocenters. The minimum atomic E-state index is -1.48. The Balaban J connectivity index is 5.32. The van der Waals surface area contributed by atoms with Gasteiger partial charge < -0.3 is 37.0 Å². The first-order chi connectivity index (χ1) is 14.3. The van der Waals surface area contributed by atoms with E-state index in [2.05, 4.69) is 28.6 Å². The third-order valence-corrected chi connectivity index (χ3v) is 4.42. The average Bonchev–Trinajstić information content (AvgIpc) is 2.65. The molecule has 0 rings (SSSR count). The fourth-order valence-corrected chi connectivity index (χ4v) is 2.59. The molecule has 3 amide bonds. The molecular formula is C17H28N4O9S. The van der Waals surface area contributed by atoms with Crippen molar-refractivity contribution in [2.24, 2.45) is 11.7 Å². The lowest BCUT2D eigenvalue weighted by Crippen LogP contribution is -2.58. The number of aliphatic carboxylic acids is 3. The molecule has 0 heterocycles. The molecule has 4 atom stereocenters. The second kappa shape index (κ2) is 13.4. The third-order valence-electron chi connectivity index (χ3n) is 4.06. The van der Waals surface area contributed by atoms with Crippen LogP contribution in [0, 0.1) is 5.92 Å². The lowest BCUT2D eigenvalue weighted by molar-refractivity contribution is -0.143. The first-order valence-electron chi connectivity index (χ1n) is 9.24. The van der Waals surface area contributed by atoms with Crippen LogP contribution in [-0.4, -0.2) is 80.9 Å². The average molecular weight is 464 g/mol. The molecule has 0 fully saturated rings. The number of hydrogen-bond acceptors (Lipinski definition) is 8. The largest absolute Gasteiger partial charge is 0.481 e. The van der Waals surface area contributed by atoms with Gasteiger partial charge in [0.25, 0.3) is 0 Å². The van der Waals surface area contributed by atoms with Crippen molar-refractivity contribution in [2.75, 3.05) is 5.75 Å². The number of carbonyl (C=O) groups is 6. The summed E-state index contributed by atoms with van der Waals surface area (Å²) in [5.41, 5.74) is 5.44. The molecule has 0 radical (unpaired) electrons. The smallest absolute Gasteiger partial charge is 0.326 e. The molecule has 0 saturated carbocycles. The lowest BCUT2D eigenvalue weighted by Gasteiger charge is -2.25. The number of rotatable bonds is 14. The molecule has 0 spiro atoms. The van der Waals surface area contributed by atoms with Gasteiger partial charge in [-0.25, -0.2) is 4.79 Å². The highest BCUT2D eigenvalue weighted by Crippen LogP contribution is 2.05. The van der Waals surface area contributed by atoms with Crippen molar-refractivity contribution in [3.63, 3.8) is 0 Å². The summed E-state index contributed by atoms with van der Waals surface area (Å²) in [7, 11) is 0. The van der Waals surface area contributed by atoms with E-state index in [-0.39, 0.29) is 12.2 Å². The highest BCUT2D eigenvalue weighted by Gasteiger charge is 2.31. The first kappa shape index (κ1) is 28.1. The predicted molar refractivity (Wildman–Crippen MR) is 109 cm³/mol. The maximum absolute atomic E-state index is 12.6. The summed E-state index contributed by atoms with van der Waals surface area (Å²) in [5, 5.41) is 33.4. The Morgan fingerprint density at radius 3 is 1.77 bits per heavy atom. The molecule has 0 aliphatic carbocycles. The van der Waals surface area contributed by atoms with Gasteiger partial charge in [-0.05, 0) is 12.3 Å². The van der Waals surface area contributed by atoms with Crippen LogP contribution >= 0.6 is 12.6 Å². The number of nitrogens with one attached hydrogen (secondary N) is 3. The maximum atomic E-state index is 12.6. The number of amides is 3. The zero-order chi connectivity index (χ0) is 24.3. The summed E-state index contributed by atoms with van der Waals surface area (Å²) in [4.78, 5) is 69.7. The van der Waals surface area contributed by atoms with Gasteiger partial charge in [0, 0.05) is 12.2 Å². The molecule has 14 heteroatoms. The minimum Gasteiger partial charge on any atom is -0.481 e. The molecule has 13 nitrogen and oxygen atoms in total. The van der Waals surface area contributed by atoms with Crippen molar-refractivity contribution in [1.82, 2.24) is 16.0 Å². The predicted octanol–water partition coefficient (Wildman–Crippen LogP) is -2.22. The van der Waals surface area contributed by atoms with Crippen molar-refractivity contribution in [1.29, 1.82) is 0 Å². The van der Waals surface area contributed by atoms with Gasteiger partial charge in [0.15, 0.2) is 0 Å². The van der Waals surface area contributed by atoms with Crippen LogP contribution in [-0.2, 0) is 28.8 Å². The van der Waals surface area contributed by atoms with Gasteiger partial charge in [-0.3, -0.25) is 24.0 Å². The first-order valence-corrected chi connectivity index (χ1v) is 9.87. The molecule has 0 aliphatic heterocycles. The van der Waals surface area contributed by atoms with Crippen molar-refractivity contribution in [3.8, 4) is 0 Å². The van der Waals surface area contributed by atoms with Crippen molar-refractivity contribution >= 4 is 48.3 Å². The standard InChI is InChI=1S/C17H28N4O9S/c1-7(2)13(17(29)30)21-16(28)10(6-31)20-15(27)9(3-4-11(22)23)19-14(26)8(18)5-12(24)25/h7-10,13,31H,3-6,18H2,1-2H3,(H,19,26)(H,20,27)(H,21,28)(H,22,23)(H,24,25)(H,29,30). The molecule has 0 aromatic rings. The second-order valence-electron chi connectivity index (χ2n) is 7.01. The number of hydrogen-bond donors (Lipinski definition) is 8. The van der Waals surface area contributed by atoms with E-state index in [0.29, 0.717) is 0 Å². The minimum absolute atomic E-state index is 0.222. The molecule has 0 saturated heterocycles. The van der Waals surface area contributed by atoms with Crippen LogP contribution in [0.5, 0.6) is 0 Å². The van der Waals surface area contributed by atoms with Crippen LogP contribution in [0.15, 0.2) is 0 Å². The fraction of sp³-hybridized carbons (Fsp3) is 0.647. The van der Waals surface area contributed by atoms with Crippen LogP contribution in [0.4, 0.5) is 0 Å². The Morgan fingerprint density at radius 1 is 0.839 bits per heavy atom. The van der Waals surface area contributed by atoms with Gasteiger partial charge in [-0.1, -0.05) is 13.8 Å². The summed E-state index contributed by atoms with van der Waals surface area (Å²) in [6.45, 7) is 3.15. The number of carbonyl (C=O) groups excluding carboxylic acids is 3. The van der Waals surface area contributed by atoms with Gasteiger partial charge in [0.2, 0.25) is 17.7 Å². The van der Waals surface area contributed by atoms with E-state index >= 15 is 0 Å². The SMILES string of the molecule is CC(C)C(NC(=O)C(CS)NC(=O)C(CCC(=O)O)NC(=O)C(N)CC(=O)O)C(=O)O. The van der Waals surface area contributed by atoms with Gasteiger partial charge in [-0.15, -0.1) is 0 Å². The van der Waals surface area contributed by atoms with E-state index in [1.54, 1.807) is 13.8 Å². The van der Waals surface area contributed by atoms with Gasteiger partial charge in [0.1, 0.15) is 18.1 Å². The molecule has 0 aromatic heterocycles. The quantitative estimate of drug-likeness (QED) is 0.129. The summed E-state index contributed by atoms with van der Waals surface area (Å²) in [6.07, 6.45) is -1.59. The zero-order valence-corrected chi connectivity index (χ0v) is 17.9. The van der Waals surface area contributed by atoms with Crippen LogP contribution in [0.3, 0.4) is 0 Å². The number of carboxylic acids is 3. The second-order valence-corrected chi connectivity index (χ2v) is 7.38. The van der Waals surface area contributed by atoms with Crippen molar-refractivity contribution < 1.29 is 44.1 Å². The Labute approximate surface area is 183 Å². The fourth-order valence-electron chi connectivity index (χ4n) is 2.33. The normalized spacial score (nSPS) is 14.6. The van der Waals surface area contributed by atoms with E-state index in [0.717, 1.165) is 0 Å². The number of thiol groups is 1. The molecule has 31 heavy (non-hydrogen) atoms. The monoisotopic (exact) mass is 464 g/mol. The van der Waals surface area contributed by atoms with E-state index in [9.17, 15) is 33.9 Å². The molecule has 0 aliphatic rings. The van der Waals surface area contributed by atoms with E-state index in [4.69, 9.17) is 15.9 Å². The molecule has 176 valence electrons. The lowest BCUT2D eigenvalue weighted by atomic mass is 10.0. The summed E-state index contributed by atoms with van der Waals surface area (Å²) in [5.74, 6) is -7.32. The Bertz CT molecular complexity index is 701. The number of carboxylic acid groups (broad SMARTS) is 3. The maximum Gasteiger partial charge on any atom is 0.326 e. The van der Waals surface area contributed by atoms with Crippen molar-refractivity contribution in [3.05, 3.63) is 0 Å². The van der Waals surface area contributed by atoms with Crippen LogP contribution in [0.2, 0.25) is 0 Å². The highest BCUT2D eigenvalue weighted by molar-refractivity contribution is 7.80. The highest BCUT2D eigenvalue weighted by atomic mass is 32.1. The molecule has 8 N–H and O–H groups in total. The third kappa shape index (κ3) is 10.6. The van der Waals surface area contributed by atoms with E-state index < -0.39 is 78.6 Å². The van der Waals surface area contributed by atoms with Crippen molar-refractivity contribution in [2.45, 2.75) is 57.3 Å². The summed E-state index contributed by atoms with van der Waals surface area (Å²) < 4.78 is 0. The Hall–Kier alpha value is -2.87. The van der Waals surface area contributed by atoms with Gasteiger partial charge in [-0.2, -0.15) is 12.6 Å². The van der Waals surface area contributed by atoms with Crippen LogP contribution < -0.4 is 21.7 Å².